The number of nitrogens with zero attached hydrogens (tertiary/aromatic N) is 2. The van der Waals surface area contributed by atoms with E-state index in [-0.39, 0.29) is 16.7 Å². The first-order valence-corrected chi connectivity index (χ1v) is 7.75. The molecule has 1 aromatic rings. The van der Waals surface area contributed by atoms with Crippen LogP contribution in [0, 0.1) is 10.1 Å². The topological polar surface area (TPSA) is 142 Å². The zero-order valence-electron chi connectivity index (χ0n) is 11.1. The van der Waals surface area contributed by atoms with E-state index in [0.29, 0.717) is 31.9 Å². The molecule has 0 bridgehead atoms. The summed E-state index contributed by atoms with van der Waals surface area (Å²) < 4.78 is 28.0. The minimum atomic E-state index is -3.99. The number of ether oxygens (including phenoxy) is 1. The second kappa shape index (κ2) is 5.93. The third-order valence-electron chi connectivity index (χ3n) is 3.21. The quantitative estimate of drug-likeness (QED) is 0.558. The fourth-order valence-corrected chi connectivity index (χ4v) is 2.71. The SMILES string of the molecule is NCC1CN(c2ccc(S(N)(=O)=O)cc2[N+](=O)[O-])CCO1. The van der Waals surface area contributed by atoms with Crippen LogP contribution in [0.4, 0.5) is 11.4 Å². The van der Waals surface area contributed by atoms with Gasteiger partial charge in [-0.1, -0.05) is 0 Å². The minimum Gasteiger partial charge on any atom is -0.373 e. The molecule has 9 nitrogen and oxygen atoms in total. The number of hydrogen-bond acceptors (Lipinski definition) is 7. The van der Waals surface area contributed by atoms with Crippen molar-refractivity contribution < 1.29 is 18.1 Å². The summed E-state index contributed by atoms with van der Waals surface area (Å²) in [5.74, 6) is 0. The van der Waals surface area contributed by atoms with Crippen molar-refractivity contribution in [1.29, 1.82) is 0 Å². The Kier molecular flexibility index (Phi) is 4.42. The average Bonchev–Trinajstić information content (AvgIpc) is 2.45. The summed E-state index contributed by atoms with van der Waals surface area (Å²) in [6.45, 7) is 1.58. The molecule has 0 radical (unpaired) electrons. The molecule has 0 spiro atoms. The number of rotatable bonds is 4. The van der Waals surface area contributed by atoms with Crippen LogP contribution in [0.25, 0.3) is 0 Å². The predicted octanol–water partition coefficient (Wildman–Crippen LogP) is -0.594. The Bertz CT molecular complexity index is 648. The number of sulfonamides is 1. The summed E-state index contributed by atoms with van der Waals surface area (Å²) in [6, 6.07) is 3.61. The second-order valence-electron chi connectivity index (χ2n) is 4.63. The number of hydrogen-bond donors (Lipinski definition) is 2. The zero-order chi connectivity index (χ0) is 15.6. The Labute approximate surface area is 121 Å². The van der Waals surface area contributed by atoms with Gasteiger partial charge in [0.1, 0.15) is 5.69 Å². The maximum atomic E-state index is 11.3. The summed E-state index contributed by atoms with van der Waals surface area (Å²) in [4.78, 5) is 12.0. The molecular weight excluding hydrogens is 300 g/mol. The van der Waals surface area contributed by atoms with Gasteiger partial charge in [-0.3, -0.25) is 10.1 Å². The molecule has 1 unspecified atom stereocenters. The third kappa shape index (κ3) is 3.47. The molecule has 1 aliphatic rings. The van der Waals surface area contributed by atoms with E-state index in [1.54, 1.807) is 4.90 Å². The maximum absolute atomic E-state index is 11.3. The fraction of sp³-hybridized carbons (Fsp3) is 0.455. The first-order valence-electron chi connectivity index (χ1n) is 6.21. The largest absolute Gasteiger partial charge is 0.373 e. The van der Waals surface area contributed by atoms with Crippen molar-refractivity contribution in [3.8, 4) is 0 Å². The van der Waals surface area contributed by atoms with E-state index in [9.17, 15) is 18.5 Å². The molecule has 0 amide bonds. The normalized spacial score (nSPS) is 19.5. The molecule has 1 aromatic carbocycles. The van der Waals surface area contributed by atoms with Crippen LogP contribution in [0.1, 0.15) is 0 Å². The Morgan fingerprint density at radius 3 is 2.76 bits per heavy atom. The number of nitro benzene ring substituents is 1. The van der Waals surface area contributed by atoms with Crippen LogP contribution in [0.3, 0.4) is 0 Å². The molecule has 116 valence electrons. The lowest BCUT2D eigenvalue weighted by Crippen LogP contribution is -2.45. The lowest BCUT2D eigenvalue weighted by molar-refractivity contribution is -0.384. The first kappa shape index (κ1) is 15.6. The Balaban J connectivity index is 2.41. The lowest BCUT2D eigenvalue weighted by Gasteiger charge is -2.33. The summed E-state index contributed by atoms with van der Waals surface area (Å²) in [7, 11) is -3.99. The standard InChI is InChI=1S/C11H16N4O5S/c12-6-8-7-14(3-4-20-8)10-2-1-9(21(13,18)19)5-11(10)15(16)17/h1-2,5,8H,3-4,6-7,12H2,(H2,13,18,19). The van der Waals surface area contributed by atoms with Crippen molar-refractivity contribution >= 4 is 21.4 Å². The highest BCUT2D eigenvalue weighted by molar-refractivity contribution is 7.89. The monoisotopic (exact) mass is 316 g/mol. The number of morpholine rings is 1. The summed E-state index contributed by atoms with van der Waals surface area (Å²) in [5, 5.41) is 16.2. The molecule has 0 saturated carbocycles. The predicted molar refractivity (Wildman–Crippen MR) is 75.5 cm³/mol. The highest BCUT2D eigenvalue weighted by Crippen LogP contribution is 2.31. The second-order valence-corrected chi connectivity index (χ2v) is 6.19. The Hall–Kier alpha value is -1.75. The van der Waals surface area contributed by atoms with Gasteiger partial charge in [-0.2, -0.15) is 0 Å². The molecule has 1 heterocycles. The third-order valence-corrected chi connectivity index (χ3v) is 4.13. The van der Waals surface area contributed by atoms with Crippen molar-refractivity contribution in [3.63, 3.8) is 0 Å². The number of benzene rings is 1. The molecule has 1 aliphatic heterocycles. The fourth-order valence-electron chi connectivity index (χ4n) is 2.17. The Morgan fingerprint density at radius 2 is 2.19 bits per heavy atom. The van der Waals surface area contributed by atoms with Crippen molar-refractivity contribution in [2.45, 2.75) is 11.0 Å². The van der Waals surface area contributed by atoms with Crippen LogP contribution in [0.2, 0.25) is 0 Å². The molecule has 1 atom stereocenters. The average molecular weight is 316 g/mol. The Morgan fingerprint density at radius 1 is 1.48 bits per heavy atom. The number of nitrogens with two attached hydrogens (primary N) is 2. The van der Waals surface area contributed by atoms with Crippen molar-refractivity contribution in [3.05, 3.63) is 28.3 Å². The number of anilines is 1. The van der Waals surface area contributed by atoms with Gasteiger partial charge in [0.2, 0.25) is 10.0 Å². The van der Waals surface area contributed by atoms with Crippen LogP contribution in [0.5, 0.6) is 0 Å². The number of nitro groups is 1. The smallest absolute Gasteiger partial charge is 0.293 e. The van der Waals surface area contributed by atoms with Crippen LogP contribution in [-0.4, -0.2) is 45.7 Å². The number of primary sulfonamides is 1. The van der Waals surface area contributed by atoms with Crippen molar-refractivity contribution in [1.82, 2.24) is 0 Å². The van der Waals surface area contributed by atoms with Gasteiger partial charge in [-0.05, 0) is 12.1 Å². The summed E-state index contributed by atoms with van der Waals surface area (Å²) >= 11 is 0. The van der Waals surface area contributed by atoms with Gasteiger partial charge in [0.15, 0.2) is 0 Å². The molecule has 21 heavy (non-hydrogen) atoms. The summed E-state index contributed by atoms with van der Waals surface area (Å²) in [6.07, 6.45) is -0.212. The van der Waals surface area contributed by atoms with Crippen molar-refractivity contribution in [2.75, 3.05) is 31.1 Å². The first-order chi connectivity index (χ1) is 9.82. The van der Waals surface area contributed by atoms with E-state index in [1.807, 2.05) is 0 Å². The van der Waals surface area contributed by atoms with E-state index in [1.165, 1.54) is 12.1 Å². The lowest BCUT2D eigenvalue weighted by atomic mass is 10.2. The molecule has 0 aromatic heterocycles. The molecule has 1 fully saturated rings. The van der Waals surface area contributed by atoms with Gasteiger partial charge in [0.25, 0.3) is 5.69 Å². The van der Waals surface area contributed by atoms with E-state index >= 15 is 0 Å². The van der Waals surface area contributed by atoms with Crippen LogP contribution >= 0.6 is 0 Å². The van der Waals surface area contributed by atoms with E-state index < -0.39 is 14.9 Å². The van der Waals surface area contributed by atoms with Gasteiger partial charge >= 0.3 is 0 Å². The van der Waals surface area contributed by atoms with Gasteiger partial charge in [0.05, 0.1) is 22.5 Å². The molecule has 1 saturated heterocycles. The van der Waals surface area contributed by atoms with Crippen LogP contribution in [0.15, 0.2) is 23.1 Å². The highest BCUT2D eigenvalue weighted by Gasteiger charge is 2.27. The molecule has 4 N–H and O–H groups in total. The van der Waals surface area contributed by atoms with Gasteiger partial charge in [-0.25, -0.2) is 13.6 Å². The van der Waals surface area contributed by atoms with Crippen LogP contribution < -0.4 is 15.8 Å². The molecule has 2 rings (SSSR count). The van der Waals surface area contributed by atoms with Crippen molar-refractivity contribution in [2.24, 2.45) is 10.9 Å². The van der Waals surface area contributed by atoms with Gasteiger partial charge < -0.3 is 15.4 Å². The molecule has 10 heteroatoms. The molecule has 0 aliphatic carbocycles. The minimum absolute atomic E-state index is 0.212. The van der Waals surface area contributed by atoms with Gasteiger partial charge in [0, 0.05) is 25.7 Å². The van der Waals surface area contributed by atoms with E-state index in [0.717, 1.165) is 6.07 Å². The van der Waals surface area contributed by atoms with Gasteiger partial charge in [-0.15, -0.1) is 0 Å². The van der Waals surface area contributed by atoms with E-state index in [4.69, 9.17) is 15.6 Å². The maximum Gasteiger partial charge on any atom is 0.293 e. The highest BCUT2D eigenvalue weighted by atomic mass is 32.2. The zero-order valence-corrected chi connectivity index (χ0v) is 12.0. The van der Waals surface area contributed by atoms with E-state index in [2.05, 4.69) is 0 Å². The molecular formula is C11H16N4O5S. The summed E-state index contributed by atoms with van der Waals surface area (Å²) in [5.41, 5.74) is 5.56. The van der Waals surface area contributed by atoms with Crippen LogP contribution in [-0.2, 0) is 14.8 Å².